The first kappa shape index (κ1) is 34.8. The molecule has 2 heterocycles. The number of aryl methyl sites for hydroxylation is 2. The second kappa shape index (κ2) is 13.2. The van der Waals surface area contributed by atoms with E-state index in [9.17, 15) is 0 Å². The van der Waals surface area contributed by atoms with E-state index in [-0.39, 0.29) is 0 Å². The Morgan fingerprint density at radius 3 is 1.08 bits per heavy atom. The number of anilines is 6. The SMILES string of the molecule is Cc1cccc2c1oc1c(N(c3ccccc3)c3ccc4cc5c(cc4c3)-c3cc4ccc(N(c6ccccc6)c6cccc7c6oc6c(C)cccc67)cc4cc3-5)cccc12. The third kappa shape index (κ3) is 5.13. The topological polar surface area (TPSA) is 32.8 Å². The van der Waals surface area contributed by atoms with Crippen molar-refractivity contribution in [2.45, 2.75) is 13.8 Å². The molecule has 0 fully saturated rings. The molecule has 1 aliphatic carbocycles. The summed E-state index contributed by atoms with van der Waals surface area (Å²) in [5.41, 5.74) is 17.4. The van der Waals surface area contributed by atoms with Crippen LogP contribution in [0, 0.1) is 13.8 Å². The van der Waals surface area contributed by atoms with Crippen molar-refractivity contribution in [1.29, 1.82) is 0 Å². The molecule has 0 atom stereocenters. The van der Waals surface area contributed by atoms with Gasteiger partial charge in [0.05, 0.1) is 11.4 Å². The van der Waals surface area contributed by atoms with Crippen LogP contribution < -0.4 is 9.80 Å². The first-order valence-electron chi connectivity index (χ1n) is 21.2. The van der Waals surface area contributed by atoms with Gasteiger partial charge in [0.15, 0.2) is 11.2 Å². The first-order chi connectivity index (χ1) is 30.6. The van der Waals surface area contributed by atoms with Crippen molar-refractivity contribution < 1.29 is 8.83 Å². The molecule has 62 heavy (non-hydrogen) atoms. The number of furan rings is 2. The molecule has 0 unspecified atom stereocenters. The van der Waals surface area contributed by atoms with Gasteiger partial charge in [-0.25, -0.2) is 0 Å². The van der Waals surface area contributed by atoms with Gasteiger partial charge in [-0.2, -0.15) is 0 Å². The molecule has 0 radical (unpaired) electrons. The van der Waals surface area contributed by atoms with Gasteiger partial charge in [-0.1, -0.05) is 109 Å². The van der Waals surface area contributed by atoms with Crippen molar-refractivity contribution in [2.24, 2.45) is 0 Å². The van der Waals surface area contributed by atoms with E-state index in [0.717, 1.165) is 89.1 Å². The van der Waals surface area contributed by atoms with Crippen LogP contribution in [0.1, 0.15) is 11.1 Å². The van der Waals surface area contributed by atoms with Gasteiger partial charge in [-0.3, -0.25) is 0 Å². The Balaban J connectivity index is 0.912. The molecule has 292 valence electrons. The molecule has 4 nitrogen and oxygen atoms in total. The number of fused-ring (bicyclic) bond motifs is 12. The highest BCUT2D eigenvalue weighted by Gasteiger charge is 2.26. The van der Waals surface area contributed by atoms with Gasteiger partial charge in [-0.05, 0) is 154 Å². The zero-order valence-electron chi connectivity index (χ0n) is 34.2. The number of nitrogens with zero attached hydrogens (tertiary/aromatic N) is 2. The maximum Gasteiger partial charge on any atom is 0.159 e. The summed E-state index contributed by atoms with van der Waals surface area (Å²) in [6.45, 7) is 4.23. The molecular formula is C58H38N2O2. The lowest BCUT2D eigenvalue weighted by molar-refractivity contribution is 0.665. The average Bonchev–Trinajstić information content (AvgIpc) is 3.90. The van der Waals surface area contributed by atoms with Crippen LogP contribution in [-0.4, -0.2) is 0 Å². The van der Waals surface area contributed by atoms with Crippen LogP contribution >= 0.6 is 0 Å². The summed E-state index contributed by atoms with van der Waals surface area (Å²) in [5, 5.41) is 9.33. The fourth-order valence-electron chi connectivity index (χ4n) is 9.93. The van der Waals surface area contributed by atoms with Gasteiger partial charge < -0.3 is 18.6 Å². The molecule has 10 aromatic carbocycles. The highest BCUT2D eigenvalue weighted by atomic mass is 16.3. The zero-order chi connectivity index (χ0) is 41.1. The minimum atomic E-state index is 0.885. The summed E-state index contributed by atoms with van der Waals surface area (Å²) in [6.07, 6.45) is 0. The van der Waals surface area contributed by atoms with E-state index in [1.165, 1.54) is 43.8 Å². The van der Waals surface area contributed by atoms with Crippen LogP contribution in [0.2, 0.25) is 0 Å². The Labute approximate surface area is 358 Å². The number of hydrogen-bond donors (Lipinski definition) is 0. The average molecular weight is 795 g/mol. The summed E-state index contributed by atoms with van der Waals surface area (Å²) in [7, 11) is 0. The van der Waals surface area contributed by atoms with Crippen LogP contribution in [0.15, 0.2) is 203 Å². The van der Waals surface area contributed by atoms with E-state index in [4.69, 9.17) is 8.83 Å². The van der Waals surface area contributed by atoms with E-state index < -0.39 is 0 Å². The summed E-state index contributed by atoms with van der Waals surface area (Å²) >= 11 is 0. The van der Waals surface area contributed by atoms with Gasteiger partial charge in [0.2, 0.25) is 0 Å². The Morgan fingerprint density at radius 1 is 0.290 bits per heavy atom. The van der Waals surface area contributed by atoms with Crippen molar-refractivity contribution >= 4 is 99.5 Å². The molecule has 0 saturated heterocycles. The molecule has 0 saturated carbocycles. The predicted molar refractivity (Wildman–Crippen MR) is 259 cm³/mol. The molecule has 0 amide bonds. The second-order valence-electron chi connectivity index (χ2n) is 16.6. The zero-order valence-corrected chi connectivity index (χ0v) is 34.2. The number of benzene rings is 10. The van der Waals surface area contributed by atoms with Crippen LogP contribution in [-0.2, 0) is 0 Å². The highest BCUT2D eigenvalue weighted by molar-refractivity contribution is 6.15. The van der Waals surface area contributed by atoms with Gasteiger partial charge in [0.25, 0.3) is 0 Å². The van der Waals surface area contributed by atoms with Crippen LogP contribution in [0.25, 0.3) is 87.7 Å². The second-order valence-corrected chi connectivity index (χ2v) is 16.6. The lowest BCUT2D eigenvalue weighted by Gasteiger charge is -2.28. The van der Waals surface area contributed by atoms with Crippen molar-refractivity contribution in [2.75, 3.05) is 9.80 Å². The predicted octanol–water partition coefficient (Wildman–Crippen LogP) is 17.0. The minimum absolute atomic E-state index is 0.885. The van der Waals surface area contributed by atoms with Crippen molar-refractivity contribution in [3.8, 4) is 22.3 Å². The Bertz CT molecular complexity index is 3520. The van der Waals surface area contributed by atoms with Crippen molar-refractivity contribution in [3.63, 3.8) is 0 Å². The molecule has 0 N–H and O–H groups in total. The summed E-state index contributed by atoms with van der Waals surface area (Å²) in [5.74, 6) is 0. The van der Waals surface area contributed by atoms with Gasteiger partial charge in [-0.15, -0.1) is 0 Å². The fourth-order valence-corrected chi connectivity index (χ4v) is 9.93. The standard InChI is InChI=1S/C58H38N2O2/c1-35-13-9-19-45-47-21-11-23-53(57(47)61-55(35)45)59(41-15-5-3-6-16-41)43-27-25-37-31-49-51(33-39(37)29-43)50-32-38-26-28-44(30-40(38)34-52(49)50)60(42-17-7-4-8-18-42)54-24-12-22-48-46-20-10-14-36(2)56(46)62-58(48)54/h3-34H,1-2H3. The van der Waals surface area contributed by atoms with Crippen LogP contribution in [0.4, 0.5) is 34.1 Å². The van der Waals surface area contributed by atoms with Crippen LogP contribution in [0.3, 0.4) is 0 Å². The summed E-state index contributed by atoms with van der Waals surface area (Å²) < 4.78 is 13.4. The van der Waals surface area contributed by atoms with E-state index in [2.05, 4.69) is 218 Å². The van der Waals surface area contributed by atoms with Gasteiger partial charge in [0, 0.05) is 44.3 Å². The minimum Gasteiger partial charge on any atom is -0.454 e. The maximum absolute atomic E-state index is 6.69. The third-order valence-corrected chi connectivity index (χ3v) is 12.9. The van der Waals surface area contributed by atoms with E-state index in [1.807, 2.05) is 0 Å². The molecule has 1 aliphatic rings. The molecule has 2 aromatic heterocycles. The van der Waals surface area contributed by atoms with Gasteiger partial charge in [0.1, 0.15) is 11.2 Å². The lowest BCUT2D eigenvalue weighted by Crippen LogP contribution is -2.10. The highest BCUT2D eigenvalue weighted by Crippen LogP contribution is 2.52. The monoisotopic (exact) mass is 794 g/mol. The van der Waals surface area contributed by atoms with E-state index in [1.54, 1.807) is 0 Å². The summed E-state index contributed by atoms with van der Waals surface area (Å²) in [4.78, 5) is 4.65. The molecule has 4 heteroatoms. The quantitative estimate of drug-likeness (QED) is 0.168. The summed E-state index contributed by atoms with van der Waals surface area (Å²) in [6, 6.07) is 70.0. The molecule has 12 aromatic rings. The van der Waals surface area contributed by atoms with Crippen molar-refractivity contribution in [3.05, 3.63) is 205 Å². The number of hydrogen-bond acceptors (Lipinski definition) is 4. The van der Waals surface area contributed by atoms with E-state index in [0.29, 0.717) is 0 Å². The molecule has 0 aliphatic heterocycles. The van der Waals surface area contributed by atoms with Crippen LogP contribution in [0.5, 0.6) is 0 Å². The number of para-hydroxylation sites is 6. The smallest absolute Gasteiger partial charge is 0.159 e. The molecule has 0 bridgehead atoms. The first-order valence-corrected chi connectivity index (χ1v) is 21.2. The van der Waals surface area contributed by atoms with E-state index >= 15 is 0 Å². The third-order valence-electron chi connectivity index (χ3n) is 12.9. The van der Waals surface area contributed by atoms with Gasteiger partial charge >= 0.3 is 0 Å². The maximum atomic E-state index is 6.69. The molecule has 13 rings (SSSR count). The molecule has 0 spiro atoms. The Morgan fingerprint density at radius 2 is 0.661 bits per heavy atom. The Hall–Kier alpha value is -8.08. The van der Waals surface area contributed by atoms with Crippen molar-refractivity contribution in [1.82, 2.24) is 0 Å². The Kier molecular flexibility index (Phi) is 7.40. The largest absolute Gasteiger partial charge is 0.454 e. The number of rotatable bonds is 6. The normalized spacial score (nSPS) is 12.0. The molecular weight excluding hydrogens is 757 g/mol. The fraction of sp³-hybridized carbons (Fsp3) is 0.0345. The lowest BCUT2D eigenvalue weighted by atomic mass is 9.78.